The van der Waals surface area contributed by atoms with Crippen molar-refractivity contribution in [1.29, 1.82) is 5.26 Å². The zero-order chi connectivity index (χ0) is 34.9. The highest BCUT2D eigenvalue weighted by molar-refractivity contribution is 6.13. The largest absolute Gasteiger partial charge is 0.309 e. The average molecular weight is 647 g/mol. The summed E-state index contributed by atoms with van der Waals surface area (Å²) in [7, 11) is 0. The van der Waals surface area contributed by atoms with Gasteiger partial charge < -0.3 is 9.13 Å². The van der Waals surface area contributed by atoms with Gasteiger partial charge in [-0.15, -0.1) is 0 Å². The van der Waals surface area contributed by atoms with E-state index >= 15 is 0 Å². The lowest BCUT2D eigenvalue weighted by atomic mass is 9.86. The summed E-state index contributed by atoms with van der Waals surface area (Å²) in [5.41, 5.74) is 12.1. The van der Waals surface area contributed by atoms with E-state index in [0.717, 1.165) is 44.3 Å². The second kappa shape index (κ2) is 11.2. The van der Waals surface area contributed by atoms with E-state index in [0.29, 0.717) is 11.3 Å². The van der Waals surface area contributed by atoms with Crippen LogP contribution in [0.15, 0.2) is 121 Å². The summed E-state index contributed by atoms with van der Waals surface area (Å²) in [6.45, 7) is 21.2. The van der Waals surface area contributed by atoms with E-state index < -0.39 is 0 Å². The molecule has 0 amide bonds. The van der Waals surface area contributed by atoms with Gasteiger partial charge in [-0.05, 0) is 93.7 Å². The Labute approximate surface area is 293 Å². The van der Waals surface area contributed by atoms with Gasteiger partial charge in [0.15, 0.2) is 5.69 Å². The van der Waals surface area contributed by atoms with Crippen molar-refractivity contribution in [3.05, 3.63) is 149 Å². The van der Waals surface area contributed by atoms with Crippen LogP contribution in [-0.2, 0) is 10.8 Å². The topological polar surface area (TPSA) is 38.0 Å². The molecule has 2 heterocycles. The Kier molecular flexibility index (Phi) is 7.00. The molecule has 8 aromatic rings. The lowest BCUT2D eigenvalue weighted by molar-refractivity contribution is 0.591. The zero-order valence-corrected chi connectivity index (χ0v) is 29.3. The fourth-order valence-corrected chi connectivity index (χ4v) is 7.32. The predicted octanol–water partition coefficient (Wildman–Crippen LogP) is 12.6. The molecule has 0 unspecified atom stereocenters. The van der Waals surface area contributed by atoms with E-state index in [1.807, 2.05) is 6.07 Å². The van der Waals surface area contributed by atoms with E-state index in [9.17, 15) is 5.26 Å². The smallest absolute Gasteiger partial charge is 0.189 e. The minimum atomic E-state index is -0.0369. The standard InChI is InChI=1S/C46H38N4/c1-45(2,3)32-16-21-40-38(25-32)36-19-14-30(24-44(36)49(40)35-11-9-8-10-12-35)29-15-20-41-37(23-29)39-26-33(46(4,5)6)17-22-42(39)50(41)43-27-34(48-7)18-13-31(43)28-47/h8-27H,1-6H3. The lowest BCUT2D eigenvalue weighted by Crippen LogP contribution is -2.10. The normalized spacial score (nSPS) is 12.2. The highest BCUT2D eigenvalue weighted by atomic mass is 15.0. The molecule has 0 spiro atoms. The van der Waals surface area contributed by atoms with Crippen LogP contribution in [0.2, 0.25) is 0 Å². The Bertz CT molecular complexity index is 2730. The molecule has 8 rings (SSSR count). The summed E-state index contributed by atoms with van der Waals surface area (Å²) in [5.74, 6) is 0. The number of nitrogens with zero attached hydrogens (tertiary/aromatic N) is 4. The lowest BCUT2D eigenvalue weighted by Gasteiger charge is -2.19. The van der Waals surface area contributed by atoms with Crippen molar-refractivity contribution in [3.63, 3.8) is 0 Å². The Morgan fingerprint density at radius 1 is 0.540 bits per heavy atom. The molecule has 0 N–H and O–H groups in total. The summed E-state index contributed by atoms with van der Waals surface area (Å²) < 4.78 is 4.53. The number of fused-ring (bicyclic) bond motifs is 6. The fraction of sp³-hybridized carbons (Fsp3) is 0.174. The third kappa shape index (κ3) is 4.96. The number of nitriles is 1. The van der Waals surface area contributed by atoms with Gasteiger partial charge in [-0.2, -0.15) is 5.26 Å². The second-order valence-electron chi connectivity index (χ2n) is 15.4. The van der Waals surface area contributed by atoms with Crippen LogP contribution in [0, 0.1) is 17.9 Å². The molecule has 242 valence electrons. The predicted molar refractivity (Wildman–Crippen MR) is 209 cm³/mol. The first-order valence-electron chi connectivity index (χ1n) is 17.1. The van der Waals surface area contributed by atoms with Crippen LogP contribution >= 0.6 is 0 Å². The van der Waals surface area contributed by atoms with Crippen LogP contribution in [0.4, 0.5) is 5.69 Å². The molecule has 2 aromatic heterocycles. The maximum atomic E-state index is 10.1. The van der Waals surface area contributed by atoms with Gasteiger partial charge in [0, 0.05) is 27.2 Å². The quantitative estimate of drug-likeness (QED) is 0.176. The summed E-state index contributed by atoms with van der Waals surface area (Å²) in [5, 5.41) is 14.8. The molecular weight excluding hydrogens is 609 g/mol. The second-order valence-corrected chi connectivity index (χ2v) is 15.4. The average Bonchev–Trinajstić information content (AvgIpc) is 3.62. The number of hydrogen-bond donors (Lipinski definition) is 0. The van der Waals surface area contributed by atoms with Crippen LogP contribution in [0.25, 0.3) is 71.0 Å². The first-order valence-corrected chi connectivity index (χ1v) is 17.1. The van der Waals surface area contributed by atoms with Gasteiger partial charge in [-0.3, -0.25) is 0 Å². The van der Waals surface area contributed by atoms with Crippen LogP contribution in [0.3, 0.4) is 0 Å². The molecule has 0 saturated carbocycles. The maximum Gasteiger partial charge on any atom is 0.189 e. The Morgan fingerprint density at radius 2 is 1.10 bits per heavy atom. The molecule has 0 saturated heterocycles. The van der Waals surface area contributed by atoms with Gasteiger partial charge >= 0.3 is 0 Å². The molecule has 0 atom stereocenters. The van der Waals surface area contributed by atoms with Gasteiger partial charge in [0.1, 0.15) is 6.07 Å². The molecule has 4 nitrogen and oxygen atoms in total. The van der Waals surface area contributed by atoms with Crippen molar-refractivity contribution in [2.75, 3.05) is 0 Å². The van der Waals surface area contributed by atoms with Crippen molar-refractivity contribution in [3.8, 4) is 28.6 Å². The van der Waals surface area contributed by atoms with Crippen molar-refractivity contribution >= 4 is 49.3 Å². The van der Waals surface area contributed by atoms with Crippen molar-refractivity contribution in [2.24, 2.45) is 0 Å². The van der Waals surface area contributed by atoms with E-state index in [-0.39, 0.29) is 10.8 Å². The van der Waals surface area contributed by atoms with Crippen molar-refractivity contribution in [2.45, 2.75) is 52.4 Å². The van der Waals surface area contributed by atoms with Crippen LogP contribution in [0.1, 0.15) is 58.2 Å². The highest BCUT2D eigenvalue weighted by Gasteiger charge is 2.22. The molecule has 6 aromatic carbocycles. The third-order valence-corrected chi connectivity index (χ3v) is 10.1. The fourth-order valence-electron chi connectivity index (χ4n) is 7.32. The molecule has 0 aliphatic heterocycles. The minimum absolute atomic E-state index is 0.0369. The van der Waals surface area contributed by atoms with Crippen molar-refractivity contribution in [1.82, 2.24) is 9.13 Å². The van der Waals surface area contributed by atoms with E-state index in [1.165, 1.54) is 32.9 Å². The molecule has 0 aliphatic rings. The van der Waals surface area contributed by atoms with E-state index in [1.54, 1.807) is 12.1 Å². The van der Waals surface area contributed by atoms with Gasteiger partial charge in [0.25, 0.3) is 0 Å². The number of aromatic nitrogens is 2. The summed E-state index contributed by atoms with van der Waals surface area (Å²) >= 11 is 0. The minimum Gasteiger partial charge on any atom is -0.309 e. The van der Waals surface area contributed by atoms with Gasteiger partial charge in [0.2, 0.25) is 0 Å². The first kappa shape index (κ1) is 31.2. The molecular formula is C46H38N4. The molecule has 0 bridgehead atoms. The first-order chi connectivity index (χ1) is 24.0. The molecule has 0 aliphatic carbocycles. The molecule has 0 radical (unpaired) electrons. The van der Waals surface area contributed by atoms with Gasteiger partial charge in [0.05, 0.1) is 39.9 Å². The highest BCUT2D eigenvalue weighted by Crippen LogP contribution is 2.41. The number of hydrogen-bond acceptors (Lipinski definition) is 1. The van der Waals surface area contributed by atoms with E-state index in [2.05, 4.69) is 165 Å². The summed E-state index contributed by atoms with van der Waals surface area (Å²) in [6.07, 6.45) is 0. The maximum absolute atomic E-state index is 10.1. The molecule has 4 heteroatoms. The summed E-state index contributed by atoms with van der Waals surface area (Å²) in [6, 6.07) is 45.3. The number of benzene rings is 6. The zero-order valence-electron chi connectivity index (χ0n) is 29.3. The summed E-state index contributed by atoms with van der Waals surface area (Å²) in [4.78, 5) is 3.69. The Morgan fingerprint density at radius 3 is 1.72 bits per heavy atom. The molecule has 0 fully saturated rings. The van der Waals surface area contributed by atoms with Gasteiger partial charge in [-0.25, -0.2) is 4.85 Å². The third-order valence-electron chi connectivity index (χ3n) is 10.1. The number of rotatable bonds is 3. The van der Waals surface area contributed by atoms with E-state index in [4.69, 9.17) is 6.57 Å². The van der Waals surface area contributed by atoms with Crippen LogP contribution in [-0.4, -0.2) is 9.13 Å². The monoisotopic (exact) mass is 646 g/mol. The SMILES string of the molecule is [C-]#[N+]c1ccc(C#N)c(-n2c3ccc(-c4ccc5c6cc(C(C)(C)C)ccc6n(-c6ccccc6)c5c4)cc3c3cc(C(C)(C)C)ccc32)c1. The van der Waals surface area contributed by atoms with Crippen LogP contribution in [0.5, 0.6) is 0 Å². The Hall–Kier alpha value is -6.10. The number of para-hydroxylation sites is 1. The van der Waals surface area contributed by atoms with Crippen molar-refractivity contribution < 1.29 is 0 Å². The Balaban J connectivity index is 1.40. The molecule has 50 heavy (non-hydrogen) atoms. The van der Waals surface area contributed by atoms with Crippen LogP contribution < -0.4 is 0 Å². The van der Waals surface area contributed by atoms with Gasteiger partial charge in [-0.1, -0.05) is 102 Å².